The number of nitrogens with two attached hydrogens (primary N) is 1. The molecule has 0 atom stereocenters. The van der Waals surface area contributed by atoms with E-state index in [-0.39, 0.29) is 5.82 Å². The van der Waals surface area contributed by atoms with Crippen molar-refractivity contribution in [2.75, 3.05) is 0 Å². The number of benzene rings is 2. The van der Waals surface area contributed by atoms with Gasteiger partial charge >= 0.3 is 0 Å². The first kappa shape index (κ1) is 13.6. The summed E-state index contributed by atoms with van der Waals surface area (Å²) in [6, 6.07) is 13.1. The molecule has 0 aromatic heterocycles. The van der Waals surface area contributed by atoms with E-state index >= 15 is 0 Å². The third-order valence-corrected chi connectivity index (χ3v) is 4.01. The minimum Gasteiger partial charge on any atom is -0.326 e. The van der Waals surface area contributed by atoms with Crippen molar-refractivity contribution in [3.05, 3.63) is 63.9 Å². The molecule has 0 heterocycles. The van der Waals surface area contributed by atoms with E-state index in [1.54, 1.807) is 17.8 Å². The van der Waals surface area contributed by atoms with Gasteiger partial charge in [0.05, 0.1) is 0 Å². The van der Waals surface area contributed by atoms with Crippen LogP contribution in [-0.4, -0.2) is 0 Å². The molecule has 2 aromatic rings. The lowest BCUT2D eigenvalue weighted by Crippen LogP contribution is -1.98. The zero-order valence-electron chi connectivity index (χ0n) is 9.70. The topological polar surface area (TPSA) is 26.0 Å². The smallest absolute Gasteiger partial charge is 0.123 e. The molecule has 18 heavy (non-hydrogen) atoms. The Morgan fingerprint density at radius 1 is 1.11 bits per heavy atom. The van der Waals surface area contributed by atoms with Crippen molar-refractivity contribution in [3.63, 3.8) is 0 Å². The van der Waals surface area contributed by atoms with Gasteiger partial charge in [-0.25, -0.2) is 4.39 Å². The minimum absolute atomic E-state index is 0.220. The summed E-state index contributed by atoms with van der Waals surface area (Å²) in [5.41, 5.74) is 7.33. The summed E-state index contributed by atoms with van der Waals surface area (Å²) in [7, 11) is 0. The van der Waals surface area contributed by atoms with Crippen molar-refractivity contribution in [2.45, 2.75) is 17.2 Å². The predicted octanol–water partition coefficient (Wildman–Crippen LogP) is 4.34. The average molecular weight is 326 g/mol. The molecule has 0 aliphatic carbocycles. The fraction of sp³-hybridized carbons (Fsp3) is 0.143. The maximum atomic E-state index is 13.3. The van der Waals surface area contributed by atoms with Gasteiger partial charge in [-0.15, -0.1) is 11.8 Å². The van der Waals surface area contributed by atoms with E-state index < -0.39 is 0 Å². The van der Waals surface area contributed by atoms with Crippen molar-refractivity contribution in [2.24, 2.45) is 5.73 Å². The molecule has 0 aliphatic heterocycles. The van der Waals surface area contributed by atoms with Crippen molar-refractivity contribution >= 4 is 27.7 Å². The van der Waals surface area contributed by atoms with E-state index in [0.29, 0.717) is 6.54 Å². The zero-order chi connectivity index (χ0) is 13.0. The van der Waals surface area contributed by atoms with Gasteiger partial charge in [-0.1, -0.05) is 28.1 Å². The molecule has 0 aliphatic rings. The Bertz CT molecular complexity index is 545. The first-order valence-corrected chi connectivity index (χ1v) is 7.32. The third kappa shape index (κ3) is 3.83. The van der Waals surface area contributed by atoms with Crippen LogP contribution in [0.25, 0.3) is 0 Å². The summed E-state index contributed by atoms with van der Waals surface area (Å²) in [6.45, 7) is 0.367. The quantitative estimate of drug-likeness (QED) is 0.846. The monoisotopic (exact) mass is 325 g/mol. The summed E-state index contributed by atoms with van der Waals surface area (Å²) in [5.74, 6) is 0.518. The lowest BCUT2D eigenvalue weighted by Gasteiger charge is -2.05. The number of hydrogen-bond donors (Lipinski definition) is 1. The second-order valence-electron chi connectivity index (χ2n) is 3.92. The van der Waals surface area contributed by atoms with Crippen LogP contribution in [0.2, 0.25) is 0 Å². The van der Waals surface area contributed by atoms with Gasteiger partial charge in [0.15, 0.2) is 0 Å². The van der Waals surface area contributed by atoms with Crippen molar-refractivity contribution in [1.29, 1.82) is 0 Å². The Labute approximate surface area is 119 Å². The molecule has 0 saturated carbocycles. The number of hydrogen-bond acceptors (Lipinski definition) is 2. The molecule has 1 nitrogen and oxygen atoms in total. The van der Waals surface area contributed by atoms with Crippen LogP contribution < -0.4 is 5.73 Å². The molecule has 4 heteroatoms. The Morgan fingerprint density at radius 3 is 2.61 bits per heavy atom. The first-order chi connectivity index (χ1) is 8.67. The van der Waals surface area contributed by atoms with Gasteiger partial charge in [-0.2, -0.15) is 0 Å². The van der Waals surface area contributed by atoms with Crippen LogP contribution in [0.1, 0.15) is 11.1 Å². The Morgan fingerprint density at radius 2 is 1.89 bits per heavy atom. The second-order valence-corrected chi connectivity index (χ2v) is 5.88. The zero-order valence-corrected chi connectivity index (χ0v) is 12.1. The Balaban J connectivity index is 2.08. The lowest BCUT2D eigenvalue weighted by atomic mass is 10.1. The van der Waals surface area contributed by atoms with E-state index in [9.17, 15) is 4.39 Å². The van der Waals surface area contributed by atoms with Crippen LogP contribution in [0.3, 0.4) is 0 Å². The molecule has 2 N–H and O–H groups in total. The lowest BCUT2D eigenvalue weighted by molar-refractivity contribution is 0.624. The molecule has 0 bridgehead atoms. The highest BCUT2D eigenvalue weighted by Crippen LogP contribution is 2.26. The highest BCUT2D eigenvalue weighted by molar-refractivity contribution is 9.10. The van der Waals surface area contributed by atoms with Gasteiger partial charge in [0.2, 0.25) is 0 Å². The molecule has 0 radical (unpaired) electrons. The van der Waals surface area contributed by atoms with Crippen LogP contribution in [0.5, 0.6) is 0 Å². The fourth-order valence-corrected chi connectivity index (χ4v) is 3.08. The number of halogens is 2. The summed E-state index contributed by atoms with van der Waals surface area (Å²) in [6.07, 6.45) is 0. The van der Waals surface area contributed by atoms with Crippen molar-refractivity contribution in [1.82, 2.24) is 0 Å². The summed E-state index contributed by atoms with van der Waals surface area (Å²) >= 11 is 5.11. The standard InChI is InChI=1S/C14H13BrFNS/c15-12-2-1-3-14(7-12)18-9-11-4-10(8-17)5-13(16)6-11/h1-7H,8-9,17H2. The predicted molar refractivity (Wildman–Crippen MR) is 78.0 cm³/mol. The normalized spacial score (nSPS) is 10.6. The van der Waals surface area contributed by atoms with E-state index in [0.717, 1.165) is 26.2 Å². The van der Waals surface area contributed by atoms with Gasteiger partial charge in [0.1, 0.15) is 5.82 Å². The van der Waals surface area contributed by atoms with Crippen LogP contribution in [-0.2, 0) is 12.3 Å². The van der Waals surface area contributed by atoms with Gasteiger partial charge in [0, 0.05) is 21.7 Å². The van der Waals surface area contributed by atoms with Crippen LogP contribution >= 0.6 is 27.7 Å². The largest absolute Gasteiger partial charge is 0.326 e. The molecule has 2 rings (SSSR count). The molecule has 0 fully saturated rings. The van der Waals surface area contributed by atoms with Crippen molar-refractivity contribution in [3.8, 4) is 0 Å². The number of thioether (sulfide) groups is 1. The SMILES string of the molecule is NCc1cc(F)cc(CSc2cccc(Br)c2)c1. The van der Waals surface area contributed by atoms with Crippen LogP contribution in [0.4, 0.5) is 4.39 Å². The van der Waals surface area contributed by atoms with Crippen LogP contribution in [0, 0.1) is 5.82 Å². The summed E-state index contributed by atoms with van der Waals surface area (Å²) in [5, 5.41) is 0. The highest BCUT2D eigenvalue weighted by atomic mass is 79.9. The average Bonchev–Trinajstić information content (AvgIpc) is 2.36. The van der Waals surface area contributed by atoms with E-state index in [2.05, 4.69) is 15.9 Å². The molecule has 0 unspecified atom stereocenters. The van der Waals surface area contributed by atoms with E-state index in [1.807, 2.05) is 30.3 Å². The molecular formula is C14H13BrFNS. The molecule has 0 saturated heterocycles. The molecular weight excluding hydrogens is 313 g/mol. The fourth-order valence-electron chi connectivity index (χ4n) is 1.64. The number of rotatable bonds is 4. The van der Waals surface area contributed by atoms with Gasteiger partial charge in [-0.05, 0) is 41.5 Å². The second kappa shape index (κ2) is 6.36. The highest BCUT2D eigenvalue weighted by Gasteiger charge is 2.02. The Hall–Kier alpha value is -0.840. The van der Waals surface area contributed by atoms with Gasteiger partial charge in [0.25, 0.3) is 0 Å². The molecule has 0 amide bonds. The minimum atomic E-state index is -0.220. The molecule has 2 aromatic carbocycles. The maximum Gasteiger partial charge on any atom is 0.123 e. The maximum absolute atomic E-state index is 13.3. The van der Waals surface area contributed by atoms with Crippen LogP contribution in [0.15, 0.2) is 51.8 Å². The van der Waals surface area contributed by atoms with E-state index in [4.69, 9.17) is 5.73 Å². The van der Waals surface area contributed by atoms with Gasteiger partial charge < -0.3 is 5.73 Å². The molecule has 94 valence electrons. The summed E-state index contributed by atoms with van der Waals surface area (Å²) < 4.78 is 14.4. The van der Waals surface area contributed by atoms with Gasteiger partial charge in [-0.3, -0.25) is 0 Å². The summed E-state index contributed by atoms with van der Waals surface area (Å²) in [4.78, 5) is 1.16. The third-order valence-electron chi connectivity index (χ3n) is 2.45. The Kier molecular flexibility index (Phi) is 4.80. The van der Waals surface area contributed by atoms with Crippen molar-refractivity contribution < 1.29 is 4.39 Å². The molecule has 0 spiro atoms. The first-order valence-electron chi connectivity index (χ1n) is 5.54. The van der Waals surface area contributed by atoms with E-state index in [1.165, 1.54) is 6.07 Å².